The van der Waals surface area contributed by atoms with Crippen molar-refractivity contribution in [2.45, 2.75) is 6.61 Å². The first-order valence-corrected chi connectivity index (χ1v) is 6.32. The highest BCUT2D eigenvalue weighted by molar-refractivity contribution is 6.43. The molecular weight excluding hydrogens is 316 g/mol. The number of hydrogen-bond donors (Lipinski definition) is 0. The molecule has 0 radical (unpaired) electrons. The van der Waals surface area contributed by atoms with E-state index in [2.05, 4.69) is 4.74 Å². The first-order chi connectivity index (χ1) is 9.00. The van der Waals surface area contributed by atoms with E-state index in [4.69, 9.17) is 34.8 Å². The number of para-hydroxylation sites is 1. The fourth-order valence-corrected chi connectivity index (χ4v) is 2.26. The number of halogens is 5. The molecule has 2 aromatic rings. The largest absolute Gasteiger partial charge is 0.433 e. The highest BCUT2D eigenvalue weighted by atomic mass is 35.5. The Kier molecular flexibility index (Phi) is 4.50. The number of benzene rings is 2. The predicted octanol–water partition coefficient (Wildman–Crippen LogP) is 5.92. The maximum Gasteiger partial charge on any atom is 0.387 e. The average Bonchev–Trinajstić information content (AvgIpc) is 2.35. The van der Waals surface area contributed by atoms with Crippen LogP contribution in [0.2, 0.25) is 15.1 Å². The van der Waals surface area contributed by atoms with Crippen LogP contribution >= 0.6 is 34.8 Å². The molecule has 0 spiro atoms. The van der Waals surface area contributed by atoms with Gasteiger partial charge in [-0.15, -0.1) is 0 Å². The van der Waals surface area contributed by atoms with Crippen LogP contribution in [0.25, 0.3) is 11.1 Å². The van der Waals surface area contributed by atoms with E-state index in [9.17, 15) is 8.78 Å². The van der Waals surface area contributed by atoms with E-state index in [1.165, 1.54) is 6.07 Å². The lowest BCUT2D eigenvalue weighted by Gasteiger charge is -2.13. The molecule has 0 heterocycles. The van der Waals surface area contributed by atoms with Crippen LogP contribution in [0.4, 0.5) is 8.78 Å². The molecule has 0 saturated heterocycles. The van der Waals surface area contributed by atoms with Crippen LogP contribution in [-0.2, 0) is 0 Å². The van der Waals surface area contributed by atoms with Gasteiger partial charge in [0.15, 0.2) is 5.75 Å². The van der Waals surface area contributed by atoms with Gasteiger partial charge in [0.25, 0.3) is 0 Å². The number of hydrogen-bond acceptors (Lipinski definition) is 1. The van der Waals surface area contributed by atoms with Gasteiger partial charge >= 0.3 is 6.61 Å². The number of ether oxygens (including phenoxy) is 1. The molecule has 2 aromatic carbocycles. The van der Waals surface area contributed by atoms with Gasteiger partial charge < -0.3 is 4.74 Å². The lowest BCUT2D eigenvalue weighted by atomic mass is 10.0. The second-order valence-electron chi connectivity index (χ2n) is 3.60. The SMILES string of the molecule is FC(F)Oc1c(Cl)cccc1-c1cccc(Cl)c1Cl. The van der Waals surface area contributed by atoms with Crippen LogP contribution < -0.4 is 4.74 Å². The minimum absolute atomic E-state index is 0.0776. The molecule has 1 nitrogen and oxygen atoms in total. The van der Waals surface area contributed by atoms with Crippen molar-refractivity contribution in [1.29, 1.82) is 0 Å². The van der Waals surface area contributed by atoms with Crippen molar-refractivity contribution < 1.29 is 13.5 Å². The Morgan fingerprint density at radius 1 is 0.842 bits per heavy atom. The van der Waals surface area contributed by atoms with E-state index in [1.807, 2.05) is 0 Å². The molecule has 0 fully saturated rings. The van der Waals surface area contributed by atoms with Crippen LogP contribution in [0.15, 0.2) is 36.4 Å². The van der Waals surface area contributed by atoms with Gasteiger partial charge in [0.1, 0.15) is 0 Å². The fourth-order valence-electron chi connectivity index (χ4n) is 1.64. The zero-order valence-electron chi connectivity index (χ0n) is 9.34. The molecule has 0 bridgehead atoms. The van der Waals surface area contributed by atoms with Gasteiger partial charge in [0, 0.05) is 11.1 Å². The smallest absolute Gasteiger partial charge is 0.387 e. The standard InChI is InChI=1S/C13H7Cl3F2O/c14-9-5-1-3-7(11(9)16)8-4-2-6-10(15)12(8)19-13(17)18/h1-6,13H. The third-order valence-corrected chi connectivity index (χ3v) is 3.53. The third kappa shape index (κ3) is 3.11. The summed E-state index contributed by atoms with van der Waals surface area (Å²) in [4.78, 5) is 0. The van der Waals surface area contributed by atoms with Gasteiger partial charge in [-0.3, -0.25) is 0 Å². The van der Waals surface area contributed by atoms with Gasteiger partial charge in [-0.2, -0.15) is 8.78 Å². The van der Waals surface area contributed by atoms with E-state index in [1.54, 1.807) is 30.3 Å². The maximum atomic E-state index is 12.4. The minimum Gasteiger partial charge on any atom is -0.433 e. The van der Waals surface area contributed by atoms with Crippen LogP contribution in [-0.4, -0.2) is 6.61 Å². The molecule has 0 N–H and O–H groups in total. The zero-order valence-corrected chi connectivity index (χ0v) is 11.6. The van der Waals surface area contributed by atoms with Crippen molar-refractivity contribution >= 4 is 34.8 Å². The molecule has 0 saturated carbocycles. The van der Waals surface area contributed by atoms with Crippen LogP contribution in [0.5, 0.6) is 5.75 Å². The third-order valence-electron chi connectivity index (χ3n) is 2.42. The van der Waals surface area contributed by atoms with Crippen molar-refractivity contribution in [2.24, 2.45) is 0 Å². The Morgan fingerprint density at radius 2 is 1.42 bits per heavy atom. The summed E-state index contributed by atoms with van der Waals surface area (Å²) in [7, 11) is 0. The summed E-state index contributed by atoms with van der Waals surface area (Å²) in [5.41, 5.74) is 0.840. The summed E-state index contributed by atoms with van der Waals surface area (Å²) in [6.07, 6.45) is 0. The molecule has 0 aromatic heterocycles. The van der Waals surface area contributed by atoms with Gasteiger partial charge in [0.2, 0.25) is 0 Å². The number of rotatable bonds is 3. The summed E-state index contributed by atoms with van der Waals surface area (Å²) >= 11 is 17.9. The summed E-state index contributed by atoms with van der Waals surface area (Å²) in [6.45, 7) is -2.98. The van der Waals surface area contributed by atoms with Crippen molar-refractivity contribution in [2.75, 3.05) is 0 Å². The van der Waals surface area contributed by atoms with Gasteiger partial charge in [-0.1, -0.05) is 59.1 Å². The van der Waals surface area contributed by atoms with Gasteiger partial charge in [0.05, 0.1) is 15.1 Å². The second-order valence-corrected chi connectivity index (χ2v) is 4.79. The zero-order chi connectivity index (χ0) is 14.0. The van der Waals surface area contributed by atoms with E-state index >= 15 is 0 Å². The van der Waals surface area contributed by atoms with Crippen molar-refractivity contribution in [3.63, 3.8) is 0 Å². The highest BCUT2D eigenvalue weighted by Gasteiger charge is 2.17. The van der Waals surface area contributed by atoms with Gasteiger partial charge in [-0.25, -0.2) is 0 Å². The first-order valence-electron chi connectivity index (χ1n) is 5.18. The van der Waals surface area contributed by atoms with E-state index in [0.717, 1.165) is 0 Å². The maximum absolute atomic E-state index is 12.4. The summed E-state index contributed by atoms with van der Waals surface area (Å²) in [5, 5.41) is 0.654. The number of alkyl halides is 2. The lowest BCUT2D eigenvalue weighted by Crippen LogP contribution is -2.03. The second kappa shape index (κ2) is 5.95. The van der Waals surface area contributed by atoms with Crippen molar-refractivity contribution in [3.8, 4) is 16.9 Å². The van der Waals surface area contributed by atoms with Crippen molar-refractivity contribution in [1.82, 2.24) is 0 Å². The molecule has 0 atom stereocenters. The van der Waals surface area contributed by atoms with Crippen LogP contribution in [0.3, 0.4) is 0 Å². The summed E-state index contributed by atoms with van der Waals surface area (Å²) in [6, 6.07) is 9.58. The van der Waals surface area contributed by atoms with Gasteiger partial charge in [-0.05, 0) is 12.1 Å². The molecule has 0 aliphatic heterocycles. The Bertz CT molecular complexity index is 602. The van der Waals surface area contributed by atoms with E-state index in [0.29, 0.717) is 16.1 Å². The quantitative estimate of drug-likeness (QED) is 0.681. The fraction of sp³-hybridized carbons (Fsp3) is 0.0769. The first kappa shape index (κ1) is 14.4. The molecule has 100 valence electrons. The lowest BCUT2D eigenvalue weighted by molar-refractivity contribution is -0.0493. The topological polar surface area (TPSA) is 9.23 Å². The van der Waals surface area contributed by atoms with Crippen LogP contribution in [0, 0.1) is 0 Å². The molecular formula is C13H7Cl3F2O. The molecule has 6 heteroatoms. The Labute approximate surface area is 123 Å². The minimum atomic E-state index is -2.98. The Morgan fingerprint density at radius 3 is 2.05 bits per heavy atom. The Balaban J connectivity index is 2.62. The predicted molar refractivity (Wildman–Crippen MR) is 73.5 cm³/mol. The normalized spacial score (nSPS) is 10.8. The average molecular weight is 324 g/mol. The molecule has 0 unspecified atom stereocenters. The molecule has 0 aliphatic rings. The molecule has 2 rings (SSSR count). The monoisotopic (exact) mass is 322 g/mol. The van der Waals surface area contributed by atoms with E-state index in [-0.39, 0.29) is 15.8 Å². The van der Waals surface area contributed by atoms with Crippen LogP contribution in [0.1, 0.15) is 0 Å². The summed E-state index contributed by atoms with van der Waals surface area (Å²) in [5.74, 6) is -0.122. The molecule has 0 aliphatic carbocycles. The Hall–Kier alpha value is -1.03. The highest BCUT2D eigenvalue weighted by Crippen LogP contribution is 2.41. The summed E-state index contributed by atoms with van der Waals surface area (Å²) < 4.78 is 29.3. The molecule has 0 amide bonds. The van der Waals surface area contributed by atoms with E-state index < -0.39 is 6.61 Å². The molecule has 19 heavy (non-hydrogen) atoms. The van der Waals surface area contributed by atoms with Crippen molar-refractivity contribution in [3.05, 3.63) is 51.5 Å².